The van der Waals surface area contributed by atoms with Crippen LogP contribution >= 0.6 is 0 Å². The zero-order valence-electron chi connectivity index (χ0n) is 16.0. The van der Waals surface area contributed by atoms with Crippen LogP contribution in [0.2, 0.25) is 0 Å². The van der Waals surface area contributed by atoms with Crippen LogP contribution in [-0.4, -0.2) is 28.7 Å². The highest BCUT2D eigenvalue weighted by molar-refractivity contribution is 6.03. The number of methoxy groups -OCH3 is 1. The van der Waals surface area contributed by atoms with Crippen LogP contribution in [0, 0.1) is 11.6 Å². The topological polar surface area (TPSA) is 85.2 Å². The van der Waals surface area contributed by atoms with Gasteiger partial charge in [-0.3, -0.25) is 9.59 Å². The number of fused-ring (bicyclic) bond motifs is 1. The summed E-state index contributed by atoms with van der Waals surface area (Å²) in [7, 11) is 1.53. The molecule has 2 N–H and O–H groups in total. The van der Waals surface area contributed by atoms with E-state index in [2.05, 4.69) is 15.7 Å². The minimum atomic E-state index is -1.08. The van der Waals surface area contributed by atoms with Gasteiger partial charge in [0.25, 0.3) is 0 Å². The van der Waals surface area contributed by atoms with Gasteiger partial charge < -0.3 is 15.4 Å². The molecule has 0 aliphatic carbocycles. The molecule has 0 saturated heterocycles. The van der Waals surface area contributed by atoms with Crippen LogP contribution in [0.4, 0.5) is 20.3 Å². The van der Waals surface area contributed by atoms with Gasteiger partial charge in [0.15, 0.2) is 11.6 Å². The van der Waals surface area contributed by atoms with E-state index in [1.54, 1.807) is 0 Å². The summed E-state index contributed by atoms with van der Waals surface area (Å²) >= 11 is 0. The van der Waals surface area contributed by atoms with Crippen molar-refractivity contribution in [1.29, 1.82) is 0 Å². The van der Waals surface area contributed by atoms with E-state index in [-0.39, 0.29) is 24.6 Å². The van der Waals surface area contributed by atoms with Crippen LogP contribution in [0.25, 0.3) is 11.1 Å². The second-order valence-corrected chi connectivity index (χ2v) is 6.80. The van der Waals surface area contributed by atoms with Gasteiger partial charge in [0.05, 0.1) is 18.7 Å². The molecule has 2 aromatic carbocycles. The third-order valence-electron chi connectivity index (χ3n) is 4.75. The molecule has 0 spiro atoms. The van der Waals surface area contributed by atoms with Crippen LogP contribution in [-0.2, 0) is 20.9 Å². The maximum absolute atomic E-state index is 13.5. The Hall–Kier alpha value is -3.59. The molecule has 2 amide bonds. The lowest BCUT2D eigenvalue weighted by atomic mass is 10.0. The first-order chi connectivity index (χ1) is 14.5. The first-order valence-electron chi connectivity index (χ1n) is 9.19. The van der Waals surface area contributed by atoms with Crippen molar-refractivity contribution >= 4 is 23.3 Å². The number of rotatable bonds is 5. The first-order valence-corrected chi connectivity index (χ1v) is 9.19. The molecule has 154 valence electrons. The fourth-order valence-corrected chi connectivity index (χ4v) is 3.42. The molecule has 30 heavy (non-hydrogen) atoms. The van der Waals surface area contributed by atoms with E-state index in [4.69, 9.17) is 4.74 Å². The largest absolute Gasteiger partial charge is 0.378 e. The number of nitrogens with one attached hydrogen (secondary N) is 2. The molecule has 1 aliphatic heterocycles. The normalized spacial score (nSPS) is 15.4. The molecule has 1 aliphatic rings. The van der Waals surface area contributed by atoms with Gasteiger partial charge in [-0.05, 0) is 17.7 Å². The molecule has 9 heteroatoms. The number of amides is 2. The lowest BCUT2D eigenvalue weighted by Crippen LogP contribution is -2.36. The molecule has 2 heterocycles. The smallest absolute Gasteiger partial charge is 0.249 e. The maximum atomic E-state index is 13.5. The van der Waals surface area contributed by atoms with Crippen molar-refractivity contribution in [3.05, 3.63) is 65.9 Å². The summed E-state index contributed by atoms with van der Waals surface area (Å²) < 4.78 is 33.3. The number of ether oxygens (including phenoxy) is 1. The molecule has 3 aromatic rings. The third kappa shape index (κ3) is 3.67. The van der Waals surface area contributed by atoms with Gasteiger partial charge in [0.2, 0.25) is 11.8 Å². The van der Waals surface area contributed by atoms with E-state index in [9.17, 15) is 18.4 Å². The Balaban J connectivity index is 1.73. The highest BCUT2D eigenvalue weighted by Crippen LogP contribution is 2.37. The minimum Gasteiger partial charge on any atom is -0.378 e. The molecule has 1 atom stereocenters. The monoisotopic (exact) mass is 412 g/mol. The van der Waals surface area contributed by atoms with Crippen molar-refractivity contribution in [2.24, 2.45) is 0 Å². The predicted octanol–water partition coefficient (Wildman–Crippen LogP) is 3.50. The van der Waals surface area contributed by atoms with E-state index >= 15 is 0 Å². The summed E-state index contributed by atoms with van der Waals surface area (Å²) in [6.45, 7) is 0.178. The lowest BCUT2D eigenvalue weighted by Gasteiger charge is -2.24. The summed E-state index contributed by atoms with van der Waals surface area (Å²) in [4.78, 5) is 25.3. The number of anilines is 2. The highest BCUT2D eigenvalue weighted by Gasteiger charge is 2.35. The molecule has 7 nitrogen and oxygen atoms in total. The van der Waals surface area contributed by atoms with Crippen molar-refractivity contribution < 1.29 is 23.1 Å². The zero-order chi connectivity index (χ0) is 21.3. The van der Waals surface area contributed by atoms with Gasteiger partial charge in [-0.2, -0.15) is 5.10 Å². The quantitative estimate of drug-likeness (QED) is 0.672. The number of halogens is 2. The minimum absolute atomic E-state index is 0.0824. The molecule has 0 bridgehead atoms. The average molecular weight is 412 g/mol. The van der Waals surface area contributed by atoms with Crippen molar-refractivity contribution in [3.8, 4) is 11.1 Å². The number of aromatic nitrogens is 2. The van der Waals surface area contributed by atoms with E-state index in [0.29, 0.717) is 17.1 Å². The summed E-state index contributed by atoms with van der Waals surface area (Å²) in [5, 5.41) is 9.82. The van der Waals surface area contributed by atoms with Crippen LogP contribution < -0.4 is 10.6 Å². The van der Waals surface area contributed by atoms with Crippen molar-refractivity contribution in [1.82, 2.24) is 9.78 Å². The van der Waals surface area contributed by atoms with E-state index in [1.807, 2.05) is 30.3 Å². The molecule has 0 saturated carbocycles. The molecule has 1 aromatic heterocycles. The number of benzene rings is 2. The number of hydrogen-bond acceptors (Lipinski definition) is 4. The standard InChI is InChI=1S/C21H18F2N4O3/c1-30-11-16-19(12-5-3-2-4-6-12)20-25-18(28)10-17(27(20)26-16)21(29)24-13-7-8-14(22)15(23)9-13/h2-9,17H,10-11H2,1H3,(H,24,29)(H,25,28)/t17-/m0/s1. The van der Waals surface area contributed by atoms with Gasteiger partial charge >= 0.3 is 0 Å². The number of carbonyl (C=O) groups is 2. The fourth-order valence-electron chi connectivity index (χ4n) is 3.42. The SMILES string of the molecule is COCc1nn2c(c1-c1ccccc1)NC(=O)C[C@H]2C(=O)Nc1ccc(F)c(F)c1. The zero-order valence-corrected chi connectivity index (χ0v) is 16.0. The van der Waals surface area contributed by atoms with Crippen LogP contribution in [0.5, 0.6) is 0 Å². The van der Waals surface area contributed by atoms with Crippen molar-refractivity contribution in [2.45, 2.75) is 19.1 Å². The van der Waals surface area contributed by atoms with Crippen LogP contribution in [0.3, 0.4) is 0 Å². The Morgan fingerprint density at radius 1 is 1.23 bits per heavy atom. The Morgan fingerprint density at radius 2 is 2.00 bits per heavy atom. The van der Waals surface area contributed by atoms with Gasteiger partial charge in [-0.25, -0.2) is 13.5 Å². The van der Waals surface area contributed by atoms with Crippen molar-refractivity contribution in [2.75, 3.05) is 17.7 Å². The summed E-state index contributed by atoms with van der Waals surface area (Å²) in [5.74, 6) is -2.63. The molecule has 0 fully saturated rings. The Labute approximate surface area is 170 Å². The fraction of sp³-hybridized carbons (Fsp3) is 0.190. The van der Waals surface area contributed by atoms with E-state index in [1.165, 1.54) is 17.9 Å². The van der Waals surface area contributed by atoms with Crippen LogP contribution in [0.1, 0.15) is 18.2 Å². The number of carbonyl (C=O) groups excluding carboxylic acids is 2. The Kier molecular flexibility index (Phi) is 5.28. The second-order valence-electron chi connectivity index (χ2n) is 6.80. The first kappa shape index (κ1) is 19.7. The summed E-state index contributed by atoms with van der Waals surface area (Å²) in [6, 6.07) is 11.4. The molecular formula is C21H18F2N4O3. The highest BCUT2D eigenvalue weighted by atomic mass is 19.2. The van der Waals surface area contributed by atoms with Gasteiger partial charge in [0, 0.05) is 24.4 Å². The molecule has 0 unspecified atom stereocenters. The molecule has 4 rings (SSSR count). The Bertz CT molecular complexity index is 1110. The second kappa shape index (κ2) is 8.03. The average Bonchev–Trinajstić information content (AvgIpc) is 3.08. The number of hydrogen-bond donors (Lipinski definition) is 2. The third-order valence-corrected chi connectivity index (χ3v) is 4.75. The summed E-state index contributed by atoms with van der Waals surface area (Å²) in [6.07, 6.45) is -0.148. The van der Waals surface area contributed by atoms with Crippen molar-refractivity contribution in [3.63, 3.8) is 0 Å². The maximum Gasteiger partial charge on any atom is 0.249 e. The van der Waals surface area contributed by atoms with Gasteiger partial charge in [-0.15, -0.1) is 0 Å². The number of nitrogens with zero attached hydrogens (tertiary/aromatic N) is 2. The molecule has 0 radical (unpaired) electrons. The molecular weight excluding hydrogens is 394 g/mol. The van der Waals surface area contributed by atoms with Crippen LogP contribution in [0.15, 0.2) is 48.5 Å². The predicted molar refractivity (Wildman–Crippen MR) is 106 cm³/mol. The van der Waals surface area contributed by atoms with E-state index < -0.39 is 23.6 Å². The van der Waals surface area contributed by atoms with Gasteiger partial charge in [-0.1, -0.05) is 30.3 Å². The Morgan fingerprint density at radius 3 is 2.70 bits per heavy atom. The van der Waals surface area contributed by atoms with E-state index in [0.717, 1.165) is 17.7 Å². The van der Waals surface area contributed by atoms with Gasteiger partial charge in [0.1, 0.15) is 11.9 Å². The summed E-state index contributed by atoms with van der Waals surface area (Å²) in [5.41, 5.74) is 2.12. The lowest BCUT2D eigenvalue weighted by molar-refractivity contribution is -0.125.